The van der Waals surface area contributed by atoms with Crippen molar-refractivity contribution in [3.05, 3.63) is 82.4 Å². The number of aryl methyl sites for hydroxylation is 1. The second kappa shape index (κ2) is 11.8. The Balaban J connectivity index is 1.64. The van der Waals surface area contributed by atoms with Crippen molar-refractivity contribution in [1.29, 1.82) is 0 Å². The zero-order valence-electron chi connectivity index (χ0n) is 21.5. The molecule has 0 aliphatic rings. The summed E-state index contributed by atoms with van der Waals surface area (Å²) in [5.41, 5.74) is 4.44. The van der Waals surface area contributed by atoms with Gasteiger partial charge in [-0.1, -0.05) is 24.8 Å². The number of carbonyl (C=O) groups excluding carboxylic acids is 1. The van der Waals surface area contributed by atoms with Crippen LogP contribution >= 0.6 is 11.8 Å². The van der Waals surface area contributed by atoms with Gasteiger partial charge in [0.1, 0.15) is 11.5 Å². The quantitative estimate of drug-likeness (QED) is 0.136. The Kier molecular flexibility index (Phi) is 8.32. The normalized spacial score (nSPS) is 11.6. The van der Waals surface area contributed by atoms with Crippen LogP contribution in [0, 0.1) is 17.0 Å². The van der Waals surface area contributed by atoms with E-state index in [0.29, 0.717) is 17.3 Å². The number of nitro groups is 1. The number of imidazole rings is 1. The molecule has 0 aliphatic carbocycles. The molecule has 3 aromatic carbocycles. The van der Waals surface area contributed by atoms with E-state index in [4.69, 9.17) is 14.5 Å². The second-order valence-corrected chi connectivity index (χ2v) is 9.67. The maximum atomic E-state index is 13.2. The van der Waals surface area contributed by atoms with Crippen LogP contribution in [0.3, 0.4) is 0 Å². The fraction of sp³-hybridized carbons (Fsp3) is 0.214. The van der Waals surface area contributed by atoms with Crippen molar-refractivity contribution < 1.29 is 19.2 Å². The van der Waals surface area contributed by atoms with Gasteiger partial charge in [0.25, 0.3) is 5.69 Å². The molecule has 10 heteroatoms. The Morgan fingerprint density at radius 2 is 1.63 bits per heavy atom. The van der Waals surface area contributed by atoms with E-state index in [1.54, 1.807) is 27.2 Å². The summed E-state index contributed by atoms with van der Waals surface area (Å²) < 4.78 is 10.6. The average molecular weight is 533 g/mol. The molecule has 2 N–H and O–H groups in total. The van der Waals surface area contributed by atoms with Crippen LogP contribution in [0.5, 0.6) is 11.5 Å². The molecule has 4 rings (SSSR count). The van der Waals surface area contributed by atoms with Gasteiger partial charge < -0.3 is 19.8 Å². The molecular weight excluding hydrogens is 504 g/mol. The van der Waals surface area contributed by atoms with E-state index in [1.807, 2.05) is 55.5 Å². The molecular formula is C28H28N4O5S. The Morgan fingerprint density at radius 1 is 1.03 bits per heavy atom. The van der Waals surface area contributed by atoms with Crippen molar-refractivity contribution >= 4 is 29.0 Å². The Morgan fingerprint density at radius 3 is 2.18 bits per heavy atom. The van der Waals surface area contributed by atoms with Gasteiger partial charge in [0.2, 0.25) is 5.91 Å². The number of thioether (sulfide) groups is 1. The van der Waals surface area contributed by atoms with E-state index in [1.165, 1.54) is 23.9 Å². The van der Waals surface area contributed by atoms with Gasteiger partial charge >= 0.3 is 0 Å². The zero-order valence-corrected chi connectivity index (χ0v) is 22.3. The van der Waals surface area contributed by atoms with Crippen molar-refractivity contribution in [2.45, 2.75) is 30.7 Å². The molecule has 0 spiro atoms. The minimum Gasteiger partial charge on any atom is -0.497 e. The number of nitro benzene ring substituents is 1. The third-order valence-corrected chi connectivity index (χ3v) is 7.28. The first-order valence-electron chi connectivity index (χ1n) is 11.9. The topological polar surface area (TPSA) is 119 Å². The molecule has 196 valence electrons. The summed E-state index contributed by atoms with van der Waals surface area (Å²) in [6, 6.07) is 19.7. The number of aromatic nitrogens is 2. The van der Waals surface area contributed by atoms with Gasteiger partial charge in [-0.05, 0) is 67.4 Å². The van der Waals surface area contributed by atoms with E-state index in [-0.39, 0.29) is 11.6 Å². The highest BCUT2D eigenvalue weighted by Crippen LogP contribution is 2.36. The number of hydrogen-bond donors (Lipinski definition) is 2. The first-order chi connectivity index (χ1) is 18.3. The third-order valence-electron chi connectivity index (χ3n) is 6.03. The summed E-state index contributed by atoms with van der Waals surface area (Å²) >= 11 is 1.31. The van der Waals surface area contributed by atoms with Crippen LogP contribution in [0.2, 0.25) is 0 Å². The van der Waals surface area contributed by atoms with Crippen molar-refractivity contribution in [3.63, 3.8) is 0 Å². The Labute approximate surface area is 224 Å². The van der Waals surface area contributed by atoms with Crippen LogP contribution in [0.15, 0.2) is 71.9 Å². The molecule has 0 saturated heterocycles. The highest BCUT2D eigenvalue weighted by molar-refractivity contribution is 8.00. The number of nitrogens with one attached hydrogen (secondary N) is 2. The Hall–Kier alpha value is -4.31. The number of carbonyl (C=O) groups is 1. The van der Waals surface area contributed by atoms with E-state index in [2.05, 4.69) is 10.3 Å². The van der Waals surface area contributed by atoms with Gasteiger partial charge in [-0.25, -0.2) is 4.98 Å². The van der Waals surface area contributed by atoms with Crippen LogP contribution in [0.1, 0.15) is 18.9 Å². The molecule has 0 radical (unpaired) electrons. The molecule has 1 amide bonds. The molecule has 38 heavy (non-hydrogen) atoms. The van der Waals surface area contributed by atoms with Crippen molar-refractivity contribution in [3.8, 4) is 34.0 Å². The molecule has 1 atom stereocenters. The lowest BCUT2D eigenvalue weighted by Gasteiger charge is -2.14. The fourth-order valence-corrected chi connectivity index (χ4v) is 4.77. The summed E-state index contributed by atoms with van der Waals surface area (Å²) in [4.78, 5) is 32.1. The minimum absolute atomic E-state index is 0.0779. The van der Waals surface area contributed by atoms with Crippen LogP contribution in [-0.4, -0.2) is 40.3 Å². The highest BCUT2D eigenvalue weighted by atomic mass is 32.2. The molecule has 1 unspecified atom stereocenters. The minimum atomic E-state index is -0.481. The predicted octanol–water partition coefficient (Wildman–Crippen LogP) is 6.49. The fourth-order valence-electron chi connectivity index (χ4n) is 3.86. The van der Waals surface area contributed by atoms with Crippen LogP contribution in [0.4, 0.5) is 11.4 Å². The van der Waals surface area contributed by atoms with Gasteiger partial charge in [0, 0.05) is 23.3 Å². The average Bonchev–Trinajstić information content (AvgIpc) is 3.36. The van der Waals surface area contributed by atoms with E-state index >= 15 is 0 Å². The van der Waals surface area contributed by atoms with E-state index in [9.17, 15) is 14.9 Å². The van der Waals surface area contributed by atoms with Gasteiger partial charge in [0.15, 0.2) is 5.16 Å². The van der Waals surface area contributed by atoms with Crippen molar-refractivity contribution in [2.24, 2.45) is 0 Å². The van der Waals surface area contributed by atoms with Crippen molar-refractivity contribution in [1.82, 2.24) is 9.97 Å². The number of rotatable bonds is 10. The number of hydrogen-bond acceptors (Lipinski definition) is 7. The predicted molar refractivity (Wildman–Crippen MR) is 149 cm³/mol. The number of H-pyrrole nitrogens is 1. The molecule has 1 aromatic heterocycles. The monoisotopic (exact) mass is 532 g/mol. The molecule has 0 aliphatic heterocycles. The van der Waals surface area contributed by atoms with Crippen LogP contribution in [0.25, 0.3) is 22.5 Å². The molecule has 0 bridgehead atoms. The number of anilines is 1. The lowest BCUT2D eigenvalue weighted by molar-refractivity contribution is -0.384. The maximum Gasteiger partial charge on any atom is 0.271 e. The molecule has 0 saturated carbocycles. The number of methoxy groups -OCH3 is 2. The first kappa shape index (κ1) is 26.7. The smallest absolute Gasteiger partial charge is 0.271 e. The largest absolute Gasteiger partial charge is 0.497 e. The van der Waals surface area contributed by atoms with Gasteiger partial charge in [-0.15, -0.1) is 0 Å². The number of nitrogens with zero attached hydrogens (tertiary/aromatic N) is 2. The van der Waals surface area contributed by atoms with Crippen LogP contribution in [-0.2, 0) is 4.79 Å². The van der Waals surface area contributed by atoms with Gasteiger partial charge in [-0.3, -0.25) is 14.9 Å². The lowest BCUT2D eigenvalue weighted by Crippen LogP contribution is -2.25. The van der Waals surface area contributed by atoms with Gasteiger partial charge in [-0.2, -0.15) is 0 Å². The highest BCUT2D eigenvalue weighted by Gasteiger charge is 2.23. The summed E-state index contributed by atoms with van der Waals surface area (Å²) in [7, 11) is 3.24. The SMILES string of the molecule is CCC(Sc1nc(-c2ccc(OC)cc2)c(-c2ccc(OC)cc2)[nH]1)C(=O)Nc1cc([N+](=O)[O-])ccc1C. The maximum absolute atomic E-state index is 13.2. The van der Waals surface area contributed by atoms with E-state index < -0.39 is 10.2 Å². The molecule has 1 heterocycles. The third kappa shape index (κ3) is 5.97. The Bertz CT molecular complexity index is 1370. The standard InChI is InChI=1S/C28H28N4O5S/c1-5-24(27(33)29-23-16-20(32(34)35)11-6-17(23)2)38-28-30-25(18-7-12-21(36-3)13-8-18)26(31-28)19-9-14-22(37-4)15-10-19/h6-16,24H,5H2,1-4H3,(H,29,33)(H,30,31). The summed E-state index contributed by atoms with van der Waals surface area (Å²) in [5, 5.41) is 14.1. The van der Waals surface area contributed by atoms with E-state index in [0.717, 1.165) is 39.6 Å². The molecule has 4 aromatic rings. The number of benzene rings is 3. The lowest BCUT2D eigenvalue weighted by atomic mass is 10.0. The summed E-state index contributed by atoms with van der Waals surface area (Å²) in [5.74, 6) is 1.23. The van der Waals surface area contributed by atoms with Gasteiger partial charge in [0.05, 0.1) is 41.5 Å². The van der Waals surface area contributed by atoms with Crippen molar-refractivity contribution in [2.75, 3.05) is 19.5 Å². The molecule has 9 nitrogen and oxygen atoms in total. The first-order valence-corrected chi connectivity index (χ1v) is 12.8. The molecule has 0 fully saturated rings. The number of non-ortho nitro benzene ring substituents is 1. The number of aromatic amines is 1. The summed E-state index contributed by atoms with van der Waals surface area (Å²) in [6.07, 6.45) is 0.529. The summed E-state index contributed by atoms with van der Waals surface area (Å²) in [6.45, 7) is 3.71. The van der Waals surface area contributed by atoms with Crippen LogP contribution < -0.4 is 14.8 Å². The second-order valence-electron chi connectivity index (χ2n) is 8.48. The number of ether oxygens (including phenoxy) is 2. The number of amides is 1. The zero-order chi connectivity index (χ0) is 27.2.